The van der Waals surface area contributed by atoms with Crippen LogP contribution >= 0.6 is 0 Å². The van der Waals surface area contributed by atoms with Crippen LogP contribution in [0, 0.1) is 0 Å². The van der Waals surface area contributed by atoms with Gasteiger partial charge in [-0.2, -0.15) is 0 Å². The van der Waals surface area contributed by atoms with E-state index in [1.807, 2.05) is 24.4 Å². The van der Waals surface area contributed by atoms with Crippen LogP contribution in [0.5, 0.6) is 11.5 Å². The molecule has 0 atom stereocenters. The zero-order chi connectivity index (χ0) is 25.0. The summed E-state index contributed by atoms with van der Waals surface area (Å²) in [5, 5.41) is 1.22. The van der Waals surface area contributed by atoms with E-state index >= 15 is 0 Å². The molecule has 3 aromatic rings. The minimum atomic E-state index is 0.649. The van der Waals surface area contributed by atoms with Gasteiger partial charge in [-0.25, -0.2) is 0 Å². The predicted octanol–water partition coefficient (Wildman–Crippen LogP) is 5.61. The molecule has 0 spiro atoms. The molecule has 2 aliphatic heterocycles. The number of anilines is 1. The lowest BCUT2D eigenvalue weighted by molar-refractivity contribution is 0.0976. The van der Waals surface area contributed by atoms with Gasteiger partial charge in [0, 0.05) is 63.0 Å². The summed E-state index contributed by atoms with van der Waals surface area (Å²) in [5.74, 6) is 1.93. The summed E-state index contributed by atoms with van der Waals surface area (Å²) < 4.78 is 11.9. The smallest absolute Gasteiger partial charge is 0.152 e. The molecule has 0 radical (unpaired) electrons. The molecule has 194 valence electrons. The summed E-state index contributed by atoms with van der Waals surface area (Å²) in [7, 11) is 1.75. The molecule has 1 fully saturated rings. The van der Waals surface area contributed by atoms with Gasteiger partial charge < -0.3 is 14.4 Å². The molecule has 0 bridgehead atoms. The first-order chi connectivity index (χ1) is 18.3. The largest absolute Gasteiger partial charge is 0.495 e. The Hall–Kier alpha value is -3.09. The Balaban J connectivity index is 1.16. The Morgan fingerprint density at radius 2 is 1.89 bits per heavy atom. The van der Waals surface area contributed by atoms with E-state index in [0.29, 0.717) is 6.73 Å². The van der Waals surface area contributed by atoms with Crippen LogP contribution in [0.4, 0.5) is 5.69 Å². The Labute approximate surface area is 220 Å². The fourth-order valence-electron chi connectivity index (χ4n) is 6.06. The van der Waals surface area contributed by atoms with Crippen molar-refractivity contribution in [2.24, 2.45) is 0 Å². The predicted molar refractivity (Wildman–Crippen MR) is 149 cm³/mol. The SMILES string of the molecule is COc1ccccc1N1CCN(Cc2cc3c(c4ncccc24)OCN(CCC2=CCCCC2)C3)CC1. The molecule has 6 heteroatoms. The number of hydrogen-bond acceptors (Lipinski definition) is 6. The van der Waals surface area contributed by atoms with E-state index in [2.05, 4.69) is 45.0 Å². The number of benzene rings is 2. The summed E-state index contributed by atoms with van der Waals surface area (Å²) in [4.78, 5) is 12.2. The monoisotopic (exact) mass is 498 g/mol. The lowest BCUT2D eigenvalue weighted by Crippen LogP contribution is -2.46. The fraction of sp³-hybridized carbons (Fsp3) is 0.452. The molecule has 6 rings (SSSR count). The second-order valence-corrected chi connectivity index (χ2v) is 10.5. The maximum Gasteiger partial charge on any atom is 0.152 e. The molecule has 2 aromatic carbocycles. The molecule has 3 heterocycles. The standard InChI is InChI=1S/C31H38N4O2/c1-36-29-12-6-5-11-28(29)35-18-16-33(17-19-35)21-25-20-26-22-34(15-13-24-8-3-2-4-9-24)23-37-31(26)30-27(25)10-7-14-32-30/h5-8,10-12,14,20H,2-4,9,13,15-19,21-23H2,1H3. The quantitative estimate of drug-likeness (QED) is 0.395. The van der Waals surface area contributed by atoms with Crippen LogP contribution < -0.4 is 14.4 Å². The van der Waals surface area contributed by atoms with Gasteiger partial charge in [0.15, 0.2) is 5.75 Å². The van der Waals surface area contributed by atoms with E-state index in [1.165, 1.54) is 47.9 Å². The van der Waals surface area contributed by atoms with Gasteiger partial charge in [-0.05, 0) is 61.9 Å². The average molecular weight is 499 g/mol. The van der Waals surface area contributed by atoms with Gasteiger partial charge in [0.05, 0.1) is 12.8 Å². The van der Waals surface area contributed by atoms with E-state index in [-0.39, 0.29) is 0 Å². The van der Waals surface area contributed by atoms with Gasteiger partial charge in [0.25, 0.3) is 0 Å². The molecule has 3 aliphatic rings. The van der Waals surface area contributed by atoms with Crippen molar-refractivity contribution >= 4 is 16.6 Å². The van der Waals surface area contributed by atoms with Gasteiger partial charge in [0.1, 0.15) is 18.0 Å². The van der Waals surface area contributed by atoms with E-state index in [1.54, 1.807) is 12.7 Å². The number of piperazine rings is 1. The van der Waals surface area contributed by atoms with Gasteiger partial charge in [-0.3, -0.25) is 14.8 Å². The number of para-hydroxylation sites is 2. The van der Waals surface area contributed by atoms with Crippen LogP contribution in [-0.2, 0) is 13.1 Å². The molecular formula is C31H38N4O2. The molecule has 1 aliphatic carbocycles. The molecule has 0 N–H and O–H groups in total. The molecule has 0 saturated carbocycles. The van der Waals surface area contributed by atoms with Crippen molar-refractivity contribution in [3.63, 3.8) is 0 Å². The van der Waals surface area contributed by atoms with Crippen LogP contribution in [-0.4, -0.2) is 61.3 Å². The Morgan fingerprint density at radius 3 is 2.73 bits per heavy atom. The van der Waals surface area contributed by atoms with Crippen molar-refractivity contribution in [3.8, 4) is 11.5 Å². The van der Waals surface area contributed by atoms with Crippen molar-refractivity contribution in [1.82, 2.24) is 14.8 Å². The topological polar surface area (TPSA) is 41.1 Å². The lowest BCUT2D eigenvalue weighted by Gasteiger charge is -2.37. The van der Waals surface area contributed by atoms with Crippen LogP contribution in [0.1, 0.15) is 43.2 Å². The third-order valence-corrected chi connectivity index (χ3v) is 8.12. The van der Waals surface area contributed by atoms with Crippen molar-refractivity contribution in [2.45, 2.75) is 45.2 Å². The Kier molecular flexibility index (Phi) is 7.29. The normalized spacial score (nSPS) is 18.8. The molecular weight excluding hydrogens is 460 g/mol. The number of pyridine rings is 1. The number of rotatable bonds is 7. The van der Waals surface area contributed by atoms with Crippen LogP contribution in [0.25, 0.3) is 10.9 Å². The number of allylic oxidation sites excluding steroid dienone is 1. The molecule has 37 heavy (non-hydrogen) atoms. The highest BCUT2D eigenvalue weighted by molar-refractivity contribution is 5.89. The van der Waals surface area contributed by atoms with Crippen molar-refractivity contribution in [2.75, 3.05) is 51.5 Å². The highest BCUT2D eigenvalue weighted by Crippen LogP contribution is 2.36. The molecule has 0 amide bonds. The lowest BCUT2D eigenvalue weighted by atomic mass is 9.97. The number of hydrogen-bond donors (Lipinski definition) is 0. The summed E-state index contributed by atoms with van der Waals surface area (Å²) in [6.07, 6.45) is 10.7. The summed E-state index contributed by atoms with van der Waals surface area (Å²) in [6.45, 7) is 7.61. The first kappa shape index (κ1) is 24.3. The highest BCUT2D eigenvalue weighted by atomic mass is 16.5. The van der Waals surface area contributed by atoms with E-state index < -0.39 is 0 Å². The number of ether oxygens (including phenoxy) is 2. The number of aromatic nitrogens is 1. The third kappa shape index (κ3) is 5.32. The Morgan fingerprint density at radius 1 is 1.00 bits per heavy atom. The van der Waals surface area contributed by atoms with Crippen molar-refractivity contribution < 1.29 is 9.47 Å². The maximum absolute atomic E-state index is 6.33. The second-order valence-electron chi connectivity index (χ2n) is 10.5. The highest BCUT2D eigenvalue weighted by Gasteiger charge is 2.25. The summed E-state index contributed by atoms with van der Waals surface area (Å²) in [6, 6.07) is 15.0. The molecule has 1 saturated heterocycles. The van der Waals surface area contributed by atoms with E-state index in [9.17, 15) is 0 Å². The minimum Gasteiger partial charge on any atom is -0.495 e. The molecule has 1 aromatic heterocycles. The van der Waals surface area contributed by atoms with Crippen LogP contribution in [0.3, 0.4) is 0 Å². The number of nitrogens with zero attached hydrogens (tertiary/aromatic N) is 4. The van der Waals surface area contributed by atoms with Crippen LogP contribution in [0.2, 0.25) is 0 Å². The van der Waals surface area contributed by atoms with Gasteiger partial charge >= 0.3 is 0 Å². The van der Waals surface area contributed by atoms with Gasteiger partial charge in [0.2, 0.25) is 0 Å². The first-order valence-corrected chi connectivity index (χ1v) is 13.8. The van der Waals surface area contributed by atoms with Gasteiger partial charge in [-0.15, -0.1) is 0 Å². The summed E-state index contributed by atoms with van der Waals surface area (Å²) >= 11 is 0. The number of methoxy groups -OCH3 is 1. The molecule has 0 unspecified atom stereocenters. The molecule has 6 nitrogen and oxygen atoms in total. The zero-order valence-electron chi connectivity index (χ0n) is 22.0. The maximum atomic E-state index is 6.33. The van der Waals surface area contributed by atoms with Crippen LogP contribution in [0.15, 0.2) is 60.3 Å². The minimum absolute atomic E-state index is 0.649. The zero-order valence-corrected chi connectivity index (χ0v) is 22.0. The van der Waals surface area contributed by atoms with E-state index in [4.69, 9.17) is 14.5 Å². The van der Waals surface area contributed by atoms with Crippen molar-refractivity contribution in [3.05, 3.63) is 71.4 Å². The fourth-order valence-corrected chi connectivity index (χ4v) is 6.06. The van der Waals surface area contributed by atoms with Gasteiger partial charge in [-0.1, -0.05) is 29.8 Å². The summed E-state index contributed by atoms with van der Waals surface area (Å²) in [5.41, 5.74) is 6.46. The average Bonchev–Trinajstić information content (AvgIpc) is 2.97. The first-order valence-electron chi connectivity index (χ1n) is 13.8. The van der Waals surface area contributed by atoms with Crippen molar-refractivity contribution in [1.29, 1.82) is 0 Å². The van der Waals surface area contributed by atoms with E-state index in [0.717, 1.165) is 69.2 Å². The number of fused-ring (bicyclic) bond motifs is 3. The second kappa shape index (κ2) is 11.1. The third-order valence-electron chi connectivity index (χ3n) is 8.12. The Bertz CT molecular complexity index is 1270.